The predicted octanol–water partition coefficient (Wildman–Crippen LogP) is 2.02. The number of anilines is 1. The zero-order chi connectivity index (χ0) is 14.3. The summed E-state index contributed by atoms with van der Waals surface area (Å²) < 4.78 is 0. The lowest BCUT2D eigenvalue weighted by molar-refractivity contribution is -0.119. The molecule has 0 saturated carbocycles. The molecule has 0 saturated heterocycles. The minimum absolute atomic E-state index is 0.0119. The molecule has 1 amide bonds. The van der Waals surface area contributed by atoms with Crippen LogP contribution in [0.5, 0.6) is 0 Å². The SMILES string of the molecule is CCNCc1ccc(N(C)CC(=O)NCC)cc1Cl. The average molecular weight is 284 g/mol. The molecule has 0 aromatic heterocycles. The summed E-state index contributed by atoms with van der Waals surface area (Å²) in [7, 11) is 1.88. The van der Waals surface area contributed by atoms with Gasteiger partial charge in [-0.2, -0.15) is 0 Å². The summed E-state index contributed by atoms with van der Waals surface area (Å²) in [4.78, 5) is 13.4. The second-order valence-corrected chi connectivity index (χ2v) is 4.77. The van der Waals surface area contributed by atoms with E-state index in [1.54, 1.807) is 0 Å². The zero-order valence-corrected chi connectivity index (χ0v) is 12.5. The van der Waals surface area contributed by atoms with Gasteiger partial charge in [0.25, 0.3) is 0 Å². The van der Waals surface area contributed by atoms with Crippen LogP contribution in [0.15, 0.2) is 18.2 Å². The fourth-order valence-electron chi connectivity index (χ4n) is 1.74. The molecule has 106 valence electrons. The van der Waals surface area contributed by atoms with Crippen molar-refractivity contribution in [3.8, 4) is 0 Å². The van der Waals surface area contributed by atoms with Gasteiger partial charge in [0, 0.05) is 30.8 Å². The molecule has 1 rings (SSSR count). The summed E-state index contributed by atoms with van der Waals surface area (Å²) in [6.07, 6.45) is 0. The van der Waals surface area contributed by atoms with Crippen LogP contribution in [0.2, 0.25) is 5.02 Å². The van der Waals surface area contributed by atoms with Crippen LogP contribution in [-0.2, 0) is 11.3 Å². The van der Waals surface area contributed by atoms with Crippen LogP contribution in [0.3, 0.4) is 0 Å². The minimum atomic E-state index is 0.0119. The largest absolute Gasteiger partial charge is 0.365 e. The molecule has 0 aliphatic heterocycles. The lowest BCUT2D eigenvalue weighted by atomic mass is 10.2. The zero-order valence-electron chi connectivity index (χ0n) is 11.8. The number of hydrogen-bond donors (Lipinski definition) is 2. The number of nitrogens with one attached hydrogen (secondary N) is 2. The van der Waals surface area contributed by atoms with Gasteiger partial charge in [-0.1, -0.05) is 24.6 Å². The normalized spacial score (nSPS) is 10.3. The van der Waals surface area contributed by atoms with E-state index in [9.17, 15) is 4.79 Å². The maximum Gasteiger partial charge on any atom is 0.239 e. The Morgan fingerprint density at radius 2 is 2.05 bits per heavy atom. The third-order valence-electron chi connectivity index (χ3n) is 2.80. The van der Waals surface area contributed by atoms with Crippen molar-refractivity contribution in [1.82, 2.24) is 10.6 Å². The molecule has 0 radical (unpaired) electrons. The highest BCUT2D eigenvalue weighted by Crippen LogP contribution is 2.23. The van der Waals surface area contributed by atoms with Gasteiger partial charge in [-0.25, -0.2) is 0 Å². The van der Waals surface area contributed by atoms with E-state index in [1.165, 1.54) is 0 Å². The molecule has 4 nitrogen and oxygen atoms in total. The smallest absolute Gasteiger partial charge is 0.239 e. The molecule has 19 heavy (non-hydrogen) atoms. The van der Waals surface area contributed by atoms with E-state index < -0.39 is 0 Å². The molecule has 0 fully saturated rings. The number of carbonyl (C=O) groups excluding carboxylic acids is 1. The minimum Gasteiger partial charge on any atom is -0.365 e. The maximum absolute atomic E-state index is 11.5. The Balaban J connectivity index is 2.68. The third-order valence-corrected chi connectivity index (χ3v) is 3.15. The Kier molecular flexibility index (Phi) is 6.67. The summed E-state index contributed by atoms with van der Waals surface area (Å²) in [6.45, 7) is 6.61. The molecule has 0 aliphatic rings. The van der Waals surface area contributed by atoms with Gasteiger partial charge in [0.15, 0.2) is 0 Å². The number of carbonyl (C=O) groups is 1. The van der Waals surface area contributed by atoms with Crippen LogP contribution in [-0.4, -0.2) is 32.6 Å². The summed E-state index contributed by atoms with van der Waals surface area (Å²) in [6, 6.07) is 5.87. The highest BCUT2D eigenvalue weighted by atomic mass is 35.5. The molecule has 0 spiro atoms. The highest BCUT2D eigenvalue weighted by molar-refractivity contribution is 6.31. The summed E-state index contributed by atoms with van der Waals surface area (Å²) >= 11 is 6.24. The van der Waals surface area contributed by atoms with Crippen molar-refractivity contribution in [3.63, 3.8) is 0 Å². The highest BCUT2D eigenvalue weighted by Gasteiger charge is 2.08. The van der Waals surface area contributed by atoms with Crippen molar-refractivity contribution in [2.75, 3.05) is 31.6 Å². The topological polar surface area (TPSA) is 44.4 Å². The van der Waals surface area contributed by atoms with Gasteiger partial charge in [0.2, 0.25) is 5.91 Å². The Morgan fingerprint density at radius 1 is 1.32 bits per heavy atom. The third kappa shape index (κ3) is 5.09. The average Bonchev–Trinajstić information content (AvgIpc) is 2.37. The molecule has 0 unspecified atom stereocenters. The maximum atomic E-state index is 11.5. The molecule has 0 aliphatic carbocycles. The molecular weight excluding hydrogens is 262 g/mol. The molecule has 0 heterocycles. The van der Waals surface area contributed by atoms with Crippen LogP contribution in [0.1, 0.15) is 19.4 Å². The van der Waals surface area contributed by atoms with E-state index in [4.69, 9.17) is 11.6 Å². The lowest BCUT2D eigenvalue weighted by Gasteiger charge is -2.19. The van der Waals surface area contributed by atoms with Gasteiger partial charge in [-0.3, -0.25) is 4.79 Å². The number of nitrogens with zero attached hydrogens (tertiary/aromatic N) is 1. The fourth-order valence-corrected chi connectivity index (χ4v) is 1.98. The second-order valence-electron chi connectivity index (χ2n) is 4.37. The van der Waals surface area contributed by atoms with Gasteiger partial charge in [-0.15, -0.1) is 0 Å². The Hall–Kier alpha value is -1.26. The molecule has 2 N–H and O–H groups in total. The number of halogens is 1. The number of rotatable bonds is 7. The first-order valence-corrected chi connectivity index (χ1v) is 6.93. The van der Waals surface area contributed by atoms with Crippen LogP contribution in [0.25, 0.3) is 0 Å². The standard InChI is InChI=1S/C14H22ClN3O/c1-4-16-9-11-6-7-12(8-13(11)15)18(3)10-14(19)17-5-2/h6-8,16H,4-5,9-10H2,1-3H3,(H,17,19). The first-order chi connectivity index (χ1) is 9.08. The van der Waals surface area contributed by atoms with Gasteiger partial charge in [0.05, 0.1) is 6.54 Å². The van der Waals surface area contributed by atoms with E-state index in [0.29, 0.717) is 13.1 Å². The summed E-state index contributed by atoms with van der Waals surface area (Å²) in [5.41, 5.74) is 2.01. The summed E-state index contributed by atoms with van der Waals surface area (Å²) in [5, 5.41) is 6.74. The Bertz CT molecular complexity index is 423. The first-order valence-electron chi connectivity index (χ1n) is 6.55. The second kappa shape index (κ2) is 8.02. The fraction of sp³-hybridized carbons (Fsp3) is 0.500. The molecular formula is C14H22ClN3O. The molecule has 0 atom stereocenters. The van der Waals surface area contributed by atoms with E-state index in [1.807, 2.05) is 37.1 Å². The lowest BCUT2D eigenvalue weighted by Crippen LogP contribution is -2.34. The first kappa shape index (κ1) is 15.8. The number of amides is 1. The van der Waals surface area contributed by atoms with E-state index in [0.717, 1.165) is 29.4 Å². The van der Waals surface area contributed by atoms with Crippen LogP contribution >= 0.6 is 11.6 Å². The van der Waals surface area contributed by atoms with Crippen molar-refractivity contribution in [1.29, 1.82) is 0 Å². The van der Waals surface area contributed by atoms with Gasteiger partial charge >= 0.3 is 0 Å². The Morgan fingerprint density at radius 3 is 2.63 bits per heavy atom. The number of likely N-dealkylation sites (N-methyl/N-ethyl adjacent to an activating group) is 2. The van der Waals surface area contributed by atoms with Crippen LogP contribution in [0.4, 0.5) is 5.69 Å². The van der Waals surface area contributed by atoms with Crippen molar-refractivity contribution in [2.45, 2.75) is 20.4 Å². The predicted molar refractivity (Wildman–Crippen MR) is 80.8 cm³/mol. The van der Waals surface area contributed by atoms with Crippen molar-refractivity contribution >= 4 is 23.2 Å². The number of hydrogen-bond acceptors (Lipinski definition) is 3. The molecule has 1 aromatic carbocycles. The van der Waals surface area contributed by atoms with Gasteiger partial charge < -0.3 is 15.5 Å². The monoisotopic (exact) mass is 283 g/mol. The number of benzene rings is 1. The van der Waals surface area contributed by atoms with E-state index in [2.05, 4.69) is 17.6 Å². The molecule has 0 bridgehead atoms. The Labute approximate surface area is 120 Å². The van der Waals surface area contributed by atoms with Gasteiger partial charge in [-0.05, 0) is 31.2 Å². The van der Waals surface area contributed by atoms with E-state index in [-0.39, 0.29) is 5.91 Å². The van der Waals surface area contributed by atoms with Crippen LogP contribution in [0, 0.1) is 0 Å². The van der Waals surface area contributed by atoms with Crippen molar-refractivity contribution in [2.24, 2.45) is 0 Å². The van der Waals surface area contributed by atoms with Crippen LogP contribution < -0.4 is 15.5 Å². The van der Waals surface area contributed by atoms with Crippen molar-refractivity contribution in [3.05, 3.63) is 28.8 Å². The van der Waals surface area contributed by atoms with E-state index >= 15 is 0 Å². The molecule has 5 heteroatoms. The quantitative estimate of drug-likeness (QED) is 0.805. The molecule has 1 aromatic rings. The summed E-state index contributed by atoms with van der Waals surface area (Å²) in [5.74, 6) is 0.0119. The van der Waals surface area contributed by atoms with Gasteiger partial charge in [0.1, 0.15) is 0 Å². The van der Waals surface area contributed by atoms with Crippen molar-refractivity contribution < 1.29 is 4.79 Å².